The summed E-state index contributed by atoms with van der Waals surface area (Å²) in [6.07, 6.45) is -2.17. The smallest absolute Gasteiger partial charge is 0.363 e. The van der Waals surface area contributed by atoms with Crippen molar-refractivity contribution in [3.05, 3.63) is 34.4 Å². The summed E-state index contributed by atoms with van der Waals surface area (Å²) in [5.74, 6) is -1.21. The largest absolute Gasteiger partial charge is 0.459 e. The number of ether oxygens (including phenoxy) is 3. The van der Waals surface area contributed by atoms with E-state index in [0.717, 1.165) is 16.7 Å². The van der Waals surface area contributed by atoms with E-state index in [9.17, 15) is 14.7 Å². The molecule has 0 aromatic heterocycles. The highest BCUT2D eigenvalue weighted by atomic mass is 31.0. The highest BCUT2D eigenvalue weighted by molar-refractivity contribution is 7.20. The van der Waals surface area contributed by atoms with E-state index in [-0.39, 0.29) is 18.5 Å². The Balaban J connectivity index is 2.96. The van der Waals surface area contributed by atoms with Gasteiger partial charge in [0.25, 0.3) is 6.29 Å². The lowest BCUT2D eigenvalue weighted by molar-refractivity contribution is -0.191. The number of esters is 1. The lowest BCUT2D eigenvalue weighted by Crippen LogP contribution is -2.42. The maximum absolute atomic E-state index is 13.0. The number of aliphatic hydroxyl groups is 1. The van der Waals surface area contributed by atoms with Gasteiger partial charge in [0, 0.05) is 12.7 Å². The SMILES string of the molecule is COC(P)(COC(O)C(=O)OC(C)C)C(=O)c1c(C)cc(C)cc1C. The fraction of sp³-hybridized carbons (Fsp3) is 0.556. The van der Waals surface area contributed by atoms with Gasteiger partial charge in [0.2, 0.25) is 5.78 Å². The van der Waals surface area contributed by atoms with Crippen molar-refractivity contribution in [1.29, 1.82) is 0 Å². The van der Waals surface area contributed by atoms with Crippen LogP contribution in [-0.2, 0) is 19.0 Å². The Hall–Kier alpha value is -1.33. The van der Waals surface area contributed by atoms with Gasteiger partial charge in [0.1, 0.15) is 0 Å². The first-order valence-electron chi connectivity index (χ1n) is 7.98. The van der Waals surface area contributed by atoms with Crippen molar-refractivity contribution < 1.29 is 28.9 Å². The molecule has 25 heavy (non-hydrogen) atoms. The highest BCUT2D eigenvalue weighted by Crippen LogP contribution is 2.29. The van der Waals surface area contributed by atoms with Crippen LogP contribution < -0.4 is 0 Å². The molecule has 140 valence electrons. The first-order chi connectivity index (χ1) is 11.5. The molecule has 0 aliphatic heterocycles. The van der Waals surface area contributed by atoms with Gasteiger partial charge < -0.3 is 19.3 Å². The molecule has 0 amide bonds. The summed E-state index contributed by atoms with van der Waals surface area (Å²) in [5, 5.41) is 8.32. The number of aryl methyl sites for hydroxylation is 3. The molecule has 0 saturated carbocycles. The Labute approximate surface area is 151 Å². The third-order valence-electron chi connectivity index (χ3n) is 3.66. The summed E-state index contributed by atoms with van der Waals surface area (Å²) >= 11 is 0. The molecule has 1 aromatic rings. The van der Waals surface area contributed by atoms with Crippen LogP contribution in [0.3, 0.4) is 0 Å². The van der Waals surface area contributed by atoms with Gasteiger partial charge in [-0.1, -0.05) is 26.9 Å². The van der Waals surface area contributed by atoms with Gasteiger partial charge in [-0.25, -0.2) is 4.79 Å². The van der Waals surface area contributed by atoms with Crippen molar-refractivity contribution in [3.63, 3.8) is 0 Å². The molecule has 3 unspecified atom stereocenters. The molecule has 0 heterocycles. The lowest BCUT2D eigenvalue weighted by Gasteiger charge is -2.28. The van der Waals surface area contributed by atoms with Crippen LogP contribution in [0.4, 0.5) is 0 Å². The summed E-state index contributed by atoms with van der Waals surface area (Å²) in [4.78, 5) is 24.6. The molecule has 7 heteroatoms. The van der Waals surface area contributed by atoms with Crippen LogP contribution in [0.25, 0.3) is 0 Å². The Morgan fingerprint density at radius 1 is 1.20 bits per heavy atom. The first-order valence-corrected chi connectivity index (χ1v) is 8.56. The maximum atomic E-state index is 13.0. The van der Waals surface area contributed by atoms with Gasteiger partial charge in [-0.3, -0.25) is 4.79 Å². The molecule has 0 aliphatic rings. The predicted octanol–water partition coefficient (Wildman–Crippen LogP) is 2.30. The molecule has 3 atom stereocenters. The molecule has 1 aromatic carbocycles. The number of aliphatic hydroxyl groups excluding tert-OH is 1. The molecule has 0 saturated heterocycles. The lowest BCUT2D eigenvalue weighted by atomic mass is 9.94. The van der Waals surface area contributed by atoms with Gasteiger partial charge in [-0.2, -0.15) is 0 Å². The number of hydrogen-bond acceptors (Lipinski definition) is 6. The Kier molecular flexibility index (Phi) is 7.69. The van der Waals surface area contributed by atoms with E-state index in [1.54, 1.807) is 13.8 Å². The van der Waals surface area contributed by atoms with Crippen LogP contribution in [0.1, 0.15) is 40.9 Å². The number of ketones is 1. The van der Waals surface area contributed by atoms with Gasteiger partial charge >= 0.3 is 5.97 Å². The number of Topliss-reactive ketones (excluding diaryl/α,β-unsaturated/α-hetero) is 1. The van der Waals surface area contributed by atoms with E-state index >= 15 is 0 Å². The zero-order chi connectivity index (χ0) is 19.4. The number of methoxy groups -OCH3 is 1. The van der Waals surface area contributed by atoms with E-state index in [4.69, 9.17) is 14.2 Å². The molecule has 6 nitrogen and oxygen atoms in total. The number of carbonyl (C=O) groups excluding carboxylic acids is 2. The van der Waals surface area contributed by atoms with Crippen LogP contribution in [0, 0.1) is 20.8 Å². The van der Waals surface area contributed by atoms with Crippen molar-refractivity contribution in [2.24, 2.45) is 0 Å². The fourth-order valence-electron chi connectivity index (χ4n) is 2.53. The van der Waals surface area contributed by atoms with Crippen molar-refractivity contribution in [2.45, 2.75) is 52.4 Å². The zero-order valence-corrected chi connectivity index (χ0v) is 16.7. The quantitative estimate of drug-likeness (QED) is 0.327. The Morgan fingerprint density at radius 2 is 1.72 bits per heavy atom. The van der Waals surface area contributed by atoms with Crippen molar-refractivity contribution in [3.8, 4) is 0 Å². The standard InChI is InChI=1S/C18H27O6P/c1-10(2)24-17(21)16(20)23-9-18(25,22-6)15(19)14-12(4)7-11(3)8-13(14)5/h7-8,10,16,20H,9,25H2,1-6H3. The first kappa shape index (κ1) is 21.7. The van der Waals surface area contributed by atoms with Gasteiger partial charge in [-0.05, 0) is 45.7 Å². The second-order valence-corrected chi connectivity index (χ2v) is 7.28. The van der Waals surface area contributed by atoms with Crippen LogP contribution in [0.2, 0.25) is 0 Å². The minimum absolute atomic E-state index is 0.306. The highest BCUT2D eigenvalue weighted by Gasteiger charge is 2.37. The van der Waals surface area contributed by atoms with Crippen LogP contribution in [-0.4, -0.2) is 48.3 Å². The van der Waals surface area contributed by atoms with E-state index in [1.807, 2.05) is 32.9 Å². The molecule has 0 bridgehead atoms. The Bertz CT molecular complexity index is 619. The summed E-state index contributed by atoms with van der Waals surface area (Å²) in [5.41, 5.74) is 3.24. The summed E-state index contributed by atoms with van der Waals surface area (Å²) in [6, 6.07) is 3.83. The molecular formula is C18H27O6P. The van der Waals surface area contributed by atoms with E-state index in [0.29, 0.717) is 5.56 Å². The van der Waals surface area contributed by atoms with Crippen molar-refractivity contribution in [2.75, 3.05) is 13.7 Å². The normalized spacial score (nSPS) is 14.9. The summed E-state index contributed by atoms with van der Waals surface area (Å²) in [6.45, 7) is 8.65. The minimum Gasteiger partial charge on any atom is -0.459 e. The molecule has 0 aliphatic carbocycles. The Morgan fingerprint density at radius 3 is 2.16 bits per heavy atom. The van der Waals surface area contributed by atoms with E-state index in [2.05, 4.69) is 9.24 Å². The van der Waals surface area contributed by atoms with E-state index in [1.165, 1.54) is 7.11 Å². The van der Waals surface area contributed by atoms with Crippen molar-refractivity contribution >= 4 is 21.0 Å². The predicted molar refractivity (Wildman–Crippen MR) is 97.6 cm³/mol. The zero-order valence-electron chi connectivity index (χ0n) is 15.6. The second kappa shape index (κ2) is 8.86. The monoisotopic (exact) mass is 370 g/mol. The average Bonchev–Trinajstić information content (AvgIpc) is 2.50. The molecule has 0 fully saturated rings. The summed E-state index contributed by atoms with van der Waals surface area (Å²) in [7, 11) is 3.68. The topological polar surface area (TPSA) is 82.1 Å². The summed E-state index contributed by atoms with van der Waals surface area (Å²) < 4.78 is 15.3. The third kappa shape index (κ3) is 5.58. The average molecular weight is 370 g/mol. The fourth-order valence-corrected chi connectivity index (χ4v) is 2.77. The van der Waals surface area contributed by atoms with Gasteiger partial charge in [-0.15, -0.1) is 0 Å². The van der Waals surface area contributed by atoms with Crippen molar-refractivity contribution in [1.82, 2.24) is 0 Å². The van der Waals surface area contributed by atoms with Gasteiger partial charge in [0.05, 0.1) is 12.7 Å². The number of rotatable bonds is 8. The molecule has 0 spiro atoms. The third-order valence-corrected chi connectivity index (χ3v) is 4.33. The number of carbonyl (C=O) groups is 2. The van der Waals surface area contributed by atoms with Gasteiger partial charge in [0.15, 0.2) is 5.34 Å². The number of hydrogen-bond donors (Lipinski definition) is 1. The number of benzene rings is 1. The molecule has 1 N–H and O–H groups in total. The second-order valence-electron chi connectivity index (χ2n) is 6.35. The molecule has 1 rings (SSSR count). The maximum Gasteiger partial charge on any atom is 0.363 e. The van der Waals surface area contributed by atoms with Crippen LogP contribution >= 0.6 is 9.24 Å². The molecule has 0 radical (unpaired) electrons. The minimum atomic E-state index is -1.79. The van der Waals surface area contributed by atoms with E-state index < -0.39 is 17.6 Å². The molecular weight excluding hydrogens is 343 g/mol. The van der Waals surface area contributed by atoms with Crippen LogP contribution in [0.15, 0.2) is 12.1 Å². The van der Waals surface area contributed by atoms with Crippen LogP contribution in [0.5, 0.6) is 0 Å².